The van der Waals surface area contributed by atoms with E-state index >= 15 is 0 Å². The maximum atomic E-state index is 11.1. The summed E-state index contributed by atoms with van der Waals surface area (Å²) in [7, 11) is 0. The lowest BCUT2D eigenvalue weighted by Gasteiger charge is -2.22. The molecule has 1 aliphatic rings. The Bertz CT molecular complexity index is 367. The van der Waals surface area contributed by atoms with Gasteiger partial charge in [0.25, 0.3) is 0 Å². The fourth-order valence-corrected chi connectivity index (χ4v) is 3.38. The lowest BCUT2D eigenvalue weighted by Crippen LogP contribution is -2.08. The minimum absolute atomic E-state index is 0.247. The third-order valence-corrected chi connectivity index (χ3v) is 4.15. The number of benzene rings is 1. The Balaban J connectivity index is 2.11. The smallest absolute Gasteiger partial charge is 0.134 e. The Labute approximate surface area is 102 Å². The molecule has 0 radical (unpaired) electrons. The summed E-state index contributed by atoms with van der Waals surface area (Å²) in [5, 5.41) is 0. The van der Waals surface area contributed by atoms with Crippen LogP contribution in [0.3, 0.4) is 0 Å². The Morgan fingerprint density at radius 3 is 2.81 bits per heavy atom. The second-order valence-corrected chi connectivity index (χ2v) is 5.74. The van der Waals surface area contributed by atoms with E-state index < -0.39 is 0 Å². The van der Waals surface area contributed by atoms with Crippen molar-refractivity contribution in [2.75, 3.05) is 11.5 Å². The first kappa shape index (κ1) is 11.7. The highest BCUT2D eigenvalue weighted by molar-refractivity contribution is 7.99. The molecule has 1 nitrogen and oxygen atoms in total. The van der Waals surface area contributed by atoms with Crippen molar-refractivity contribution >= 4 is 17.5 Å². The zero-order valence-electron chi connectivity index (χ0n) is 9.74. The summed E-state index contributed by atoms with van der Waals surface area (Å²) >= 11 is 2.05. The molecule has 1 saturated heterocycles. The number of carbonyl (C=O) groups is 1. The van der Waals surface area contributed by atoms with Gasteiger partial charge in [-0.2, -0.15) is 11.8 Å². The molecule has 86 valence electrons. The summed E-state index contributed by atoms with van der Waals surface area (Å²) in [6.45, 7) is 1.66. The molecule has 0 amide bonds. The van der Waals surface area contributed by atoms with Crippen LogP contribution in [-0.4, -0.2) is 17.3 Å². The van der Waals surface area contributed by atoms with Gasteiger partial charge < -0.3 is 0 Å². The lowest BCUT2D eigenvalue weighted by atomic mass is 9.91. The molecule has 0 unspecified atom stereocenters. The van der Waals surface area contributed by atoms with Crippen molar-refractivity contribution in [1.29, 1.82) is 0 Å². The fourth-order valence-electron chi connectivity index (χ4n) is 2.28. The Kier molecular flexibility index (Phi) is 4.05. The normalized spacial score (nSPS) is 17.3. The van der Waals surface area contributed by atoms with E-state index in [0.29, 0.717) is 12.3 Å². The standard InChI is InChI=1S/C14H18OS/c1-11(15)9-12-3-2-4-14(10-12)13-5-7-16-8-6-13/h2-4,10,13H,5-9H2,1H3. The quantitative estimate of drug-likeness (QED) is 0.797. The molecule has 0 atom stereocenters. The molecule has 0 aliphatic carbocycles. The number of carbonyl (C=O) groups excluding carboxylic acids is 1. The number of hydrogen-bond acceptors (Lipinski definition) is 2. The Hall–Kier alpha value is -0.760. The molecular weight excluding hydrogens is 216 g/mol. The van der Waals surface area contributed by atoms with Gasteiger partial charge in [-0.25, -0.2) is 0 Å². The molecule has 1 heterocycles. The maximum absolute atomic E-state index is 11.1. The molecule has 0 N–H and O–H groups in total. The number of Topliss-reactive ketones (excluding diaryl/α,β-unsaturated/α-hetero) is 1. The zero-order chi connectivity index (χ0) is 11.4. The van der Waals surface area contributed by atoms with E-state index in [-0.39, 0.29) is 5.78 Å². The molecule has 16 heavy (non-hydrogen) atoms. The third-order valence-electron chi connectivity index (χ3n) is 3.10. The maximum Gasteiger partial charge on any atom is 0.134 e. The van der Waals surface area contributed by atoms with Crippen LogP contribution in [0.2, 0.25) is 0 Å². The molecule has 1 fully saturated rings. The summed E-state index contributed by atoms with van der Waals surface area (Å²) in [5.74, 6) is 3.52. The molecule has 1 aromatic carbocycles. The molecule has 2 rings (SSSR count). The van der Waals surface area contributed by atoms with Gasteiger partial charge in [0.15, 0.2) is 0 Å². The van der Waals surface area contributed by atoms with Crippen LogP contribution in [0, 0.1) is 0 Å². The van der Waals surface area contributed by atoms with Crippen molar-refractivity contribution in [1.82, 2.24) is 0 Å². The number of rotatable bonds is 3. The van der Waals surface area contributed by atoms with Gasteiger partial charge in [-0.05, 0) is 48.3 Å². The van der Waals surface area contributed by atoms with Crippen molar-refractivity contribution in [2.24, 2.45) is 0 Å². The van der Waals surface area contributed by atoms with Crippen LogP contribution in [0.1, 0.15) is 36.8 Å². The van der Waals surface area contributed by atoms with Gasteiger partial charge in [0.05, 0.1) is 0 Å². The molecule has 0 saturated carbocycles. The first-order valence-corrected chi connectivity index (χ1v) is 7.07. The van der Waals surface area contributed by atoms with Crippen LogP contribution in [-0.2, 0) is 11.2 Å². The number of ketones is 1. The molecular formula is C14H18OS. The highest BCUT2D eigenvalue weighted by Gasteiger charge is 2.15. The highest BCUT2D eigenvalue weighted by atomic mass is 32.2. The molecule has 1 aliphatic heterocycles. The topological polar surface area (TPSA) is 17.1 Å². The number of hydrogen-bond donors (Lipinski definition) is 0. The predicted molar refractivity (Wildman–Crippen MR) is 70.1 cm³/mol. The largest absolute Gasteiger partial charge is 0.300 e. The van der Waals surface area contributed by atoms with Crippen molar-refractivity contribution in [3.05, 3.63) is 35.4 Å². The minimum atomic E-state index is 0.247. The first-order valence-electron chi connectivity index (χ1n) is 5.92. The van der Waals surface area contributed by atoms with Gasteiger partial charge in [0, 0.05) is 6.42 Å². The molecule has 0 aromatic heterocycles. The summed E-state index contributed by atoms with van der Waals surface area (Å²) in [4.78, 5) is 11.1. The minimum Gasteiger partial charge on any atom is -0.300 e. The van der Waals surface area contributed by atoms with E-state index in [1.807, 2.05) is 0 Å². The van der Waals surface area contributed by atoms with Gasteiger partial charge >= 0.3 is 0 Å². The monoisotopic (exact) mass is 234 g/mol. The van der Waals surface area contributed by atoms with Gasteiger partial charge in [-0.15, -0.1) is 0 Å². The first-order chi connectivity index (χ1) is 7.75. The van der Waals surface area contributed by atoms with E-state index in [1.165, 1.54) is 35.5 Å². The summed E-state index contributed by atoms with van der Waals surface area (Å²) in [6, 6.07) is 8.59. The third kappa shape index (κ3) is 3.11. The van der Waals surface area contributed by atoms with Gasteiger partial charge in [0.2, 0.25) is 0 Å². The Morgan fingerprint density at radius 1 is 1.38 bits per heavy atom. The number of thioether (sulfide) groups is 1. The summed E-state index contributed by atoms with van der Waals surface area (Å²) in [6.07, 6.45) is 3.15. The average Bonchev–Trinajstić information content (AvgIpc) is 2.30. The van der Waals surface area contributed by atoms with Crippen LogP contribution in [0.4, 0.5) is 0 Å². The molecule has 0 spiro atoms. The van der Waals surface area contributed by atoms with Gasteiger partial charge in [0.1, 0.15) is 5.78 Å². The van der Waals surface area contributed by atoms with E-state index in [4.69, 9.17) is 0 Å². The van der Waals surface area contributed by atoms with E-state index in [1.54, 1.807) is 6.92 Å². The summed E-state index contributed by atoms with van der Waals surface area (Å²) in [5.41, 5.74) is 2.60. The second-order valence-electron chi connectivity index (χ2n) is 4.51. The van der Waals surface area contributed by atoms with Crippen molar-refractivity contribution in [3.63, 3.8) is 0 Å². The van der Waals surface area contributed by atoms with E-state index in [9.17, 15) is 4.79 Å². The molecule has 1 aromatic rings. The van der Waals surface area contributed by atoms with Gasteiger partial charge in [-0.1, -0.05) is 24.3 Å². The zero-order valence-corrected chi connectivity index (χ0v) is 10.6. The molecule has 2 heteroatoms. The van der Waals surface area contributed by atoms with Crippen LogP contribution in [0.25, 0.3) is 0 Å². The summed E-state index contributed by atoms with van der Waals surface area (Å²) < 4.78 is 0. The van der Waals surface area contributed by atoms with E-state index in [0.717, 1.165) is 0 Å². The van der Waals surface area contributed by atoms with Crippen LogP contribution < -0.4 is 0 Å². The predicted octanol–water partition coefficient (Wildman–Crippen LogP) is 3.43. The van der Waals surface area contributed by atoms with Crippen LogP contribution in [0.15, 0.2) is 24.3 Å². The molecule has 0 bridgehead atoms. The van der Waals surface area contributed by atoms with Crippen LogP contribution >= 0.6 is 11.8 Å². The SMILES string of the molecule is CC(=O)Cc1cccc(C2CCSCC2)c1. The van der Waals surface area contributed by atoms with E-state index in [2.05, 4.69) is 36.0 Å². The highest BCUT2D eigenvalue weighted by Crippen LogP contribution is 2.31. The van der Waals surface area contributed by atoms with Crippen LogP contribution in [0.5, 0.6) is 0 Å². The van der Waals surface area contributed by atoms with Crippen molar-refractivity contribution < 1.29 is 4.79 Å². The van der Waals surface area contributed by atoms with Gasteiger partial charge in [-0.3, -0.25) is 4.79 Å². The lowest BCUT2D eigenvalue weighted by molar-refractivity contribution is -0.116. The average molecular weight is 234 g/mol. The second kappa shape index (κ2) is 5.53. The Morgan fingerprint density at radius 2 is 2.12 bits per heavy atom. The van der Waals surface area contributed by atoms with Crippen molar-refractivity contribution in [3.8, 4) is 0 Å². The van der Waals surface area contributed by atoms with Crippen molar-refractivity contribution in [2.45, 2.75) is 32.1 Å². The fraction of sp³-hybridized carbons (Fsp3) is 0.500.